The van der Waals surface area contributed by atoms with E-state index < -0.39 is 12.2 Å². The molecule has 0 amide bonds. The predicted octanol–water partition coefficient (Wildman–Crippen LogP) is -0.152. The van der Waals surface area contributed by atoms with Crippen molar-refractivity contribution >= 4 is 12.2 Å². The Balaban J connectivity index is 1.94. The number of fused-ring (bicyclic) bond motifs is 1. The van der Waals surface area contributed by atoms with Gasteiger partial charge in [-0.2, -0.15) is 0 Å². The van der Waals surface area contributed by atoms with Gasteiger partial charge in [-0.3, -0.25) is 4.57 Å². The molecule has 0 unspecified atom stereocenters. The van der Waals surface area contributed by atoms with E-state index >= 15 is 0 Å². The normalized spacial score (nSPS) is 35.1. The van der Waals surface area contributed by atoms with E-state index in [0.717, 1.165) is 0 Å². The van der Waals surface area contributed by atoms with Crippen LogP contribution in [0.4, 0.5) is 5.82 Å². The highest BCUT2D eigenvalue weighted by molar-refractivity contribution is 5.62. The number of aromatic nitrogens is 2. The van der Waals surface area contributed by atoms with Crippen LogP contribution in [0.2, 0.25) is 0 Å². The van der Waals surface area contributed by atoms with E-state index in [1.54, 1.807) is 17.2 Å². The lowest BCUT2D eigenvalue weighted by Crippen LogP contribution is -2.17. The van der Waals surface area contributed by atoms with Crippen molar-refractivity contribution < 1.29 is 14.9 Å². The topological polar surface area (TPSA) is 91.9 Å². The second-order valence-electron chi connectivity index (χ2n) is 4.64. The first kappa shape index (κ1) is 11.6. The van der Waals surface area contributed by atoms with Crippen molar-refractivity contribution in [1.29, 1.82) is 0 Å². The zero-order chi connectivity index (χ0) is 12.7. The van der Waals surface area contributed by atoms with Gasteiger partial charge in [0, 0.05) is 13.0 Å². The molecule has 7 nitrogen and oxygen atoms in total. The molecule has 4 atom stereocenters. The van der Waals surface area contributed by atoms with Gasteiger partial charge >= 0.3 is 0 Å². The summed E-state index contributed by atoms with van der Waals surface area (Å²) in [5.41, 5.74) is 0.536. The number of hydrogen-bond donors (Lipinski definition) is 3. The summed E-state index contributed by atoms with van der Waals surface area (Å²) in [6.45, 7) is 2.22. The molecule has 1 fully saturated rings. The number of aliphatic imine (C=N–C) groups is 1. The molecule has 1 aromatic rings. The second-order valence-corrected chi connectivity index (χ2v) is 4.64. The second kappa shape index (κ2) is 4.34. The summed E-state index contributed by atoms with van der Waals surface area (Å²) in [7, 11) is 0. The number of nitrogens with zero attached hydrogens (tertiary/aromatic N) is 3. The van der Waals surface area contributed by atoms with Gasteiger partial charge in [-0.05, 0) is 6.92 Å². The van der Waals surface area contributed by atoms with E-state index in [4.69, 9.17) is 4.74 Å². The quantitative estimate of drug-likeness (QED) is 0.646. The van der Waals surface area contributed by atoms with Crippen LogP contribution in [-0.4, -0.2) is 44.9 Å². The summed E-state index contributed by atoms with van der Waals surface area (Å²) in [4.78, 5) is 8.42. The van der Waals surface area contributed by atoms with Gasteiger partial charge in [0.15, 0.2) is 5.82 Å². The third-order valence-corrected chi connectivity index (χ3v) is 3.37. The van der Waals surface area contributed by atoms with Gasteiger partial charge in [-0.1, -0.05) is 0 Å². The lowest BCUT2D eigenvalue weighted by atomic mass is 10.2. The van der Waals surface area contributed by atoms with Crippen LogP contribution in [0.1, 0.15) is 31.4 Å². The summed E-state index contributed by atoms with van der Waals surface area (Å²) in [6.07, 6.45) is 2.00. The van der Waals surface area contributed by atoms with Crippen molar-refractivity contribution in [1.82, 2.24) is 14.9 Å². The van der Waals surface area contributed by atoms with Crippen LogP contribution in [0.3, 0.4) is 0 Å². The van der Waals surface area contributed by atoms with Crippen LogP contribution >= 0.6 is 0 Å². The molecule has 0 spiro atoms. The van der Waals surface area contributed by atoms with E-state index in [-0.39, 0.29) is 12.3 Å². The molecule has 0 aromatic carbocycles. The number of ether oxygens (including phenoxy) is 1. The average molecular weight is 252 g/mol. The van der Waals surface area contributed by atoms with Crippen molar-refractivity contribution in [3.63, 3.8) is 0 Å². The minimum atomic E-state index is -0.688. The Hall–Kier alpha value is -1.44. The molecule has 7 heteroatoms. The number of β-amino-alcohol motifs (C(OH)–C–C–N with tert-alkyl or cyclic N) is 1. The minimum Gasteiger partial charge on any atom is -0.390 e. The van der Waals surface area contributed by atoms with Crippen molar-refractivity contribution in [2.75, 3.05) is 6.54 Å². The molecule has 3 heterocycles. The minimum absolute atomic E-state index is 0.203. The summed E-state index contributed by atoms with van der Waals surface area (Å²) in [5.74, 6) is 0.582. The molecule has 0 radical (unpaired) electrons. The van der Waals surface area contributed by atoms with Crippen LogP contribution in [0.25, 0.3) is 0 Å². The molecule has 1 saturated heterocycles. The molecule has 98 valence electrons. The van der Waals surface area contributed by atoms with E-state index in [2.05, 4.69) is 15.3 Å². The largest absolute Gasteiger partial charge is 0.390 e. The van der Waals surface area contributed by atoms with Crippen LogP contribution in [0, 0.1) is 0 Å². The number of rotatable bonds is 1. The first-order valence-corrected chi connectivity index (χ1v) is 6.01. The molecule has 18 heavy (non-hydrogen) atoms. The smallest absolute Gasteiger partial charge is 0.162 e. The molecule has 0 aliphatic carbocycles. The average Bonchev–Trinajstić information content (AvgIpc) is 2.84. The van der Waals surface area contributed by atoms with Gasteiger partial charge in [-0.25, -0.2) is 9.98 Å². The highest BCUT2D eigenvalue weighted by Gasteiger charge is 2.34. The maximum absolute atomic E-state index is 9.89. The zero-order valence-electron chi connectivity index (χ0n) is 10.0. The van der Waals surface area contributed by atoms with E-state index in [1.165, 1.54) is 0 Å². The standard InChI is InChI=1S/C11H16N4O3/c1-6-7(16)2-9(18-6)15-5-14-10-8(17)3-12-4-13-11(10)15/h4-9,16-17H,2-3H2,1H3,(H,12,13)/t6-,7+,8-,9-/m1/s1. The molecule has 3 rings (SSSR count). The fourth-order valence-corrected chi connectivity index (χ4v) is 2.29. The SMILES string of the molecule is C[C@H]1O[C@@H](n2cnc3c2N=CNC[C@H]3O)C[C@@H]1O. The van der Waals surface area contributed by atoms with E-state index in [1.807, 2.05) is 6.92 Å². The van der Waals surface area contributed by atoms with Crippen LogP contribution in [-0.2, 0) is 4.74 Å². The molecular weight excluding hydrogens is 236 g/mol. The summed E-state index contributed by atoms with van der Waals surface area (Å²) in [6, 6.07) is 0. The van der Waals surface area contributed by atoms with Gasteiger partial charge < -0.3 is 20.3 Å². The fourth-order valence-electron chi connectivity index (χ4n) is 2.29. The predicted molar refractivity (Wildman–Crippen MR) is 63.5 cm³/mol. The monoisotopic (exact) mass is 252 g/mol. The van der Waals surface area contributed by atoms with E-state index in [0.29, 0.717) is 24.5 Å². The van der Waals surface area contributed by atoms with Gasteiger partial charge in [-0.15, -0.1) is 0 Å². The molecule has 0 bridgehead atoms. The van der Waals surface area contributed by atoms with Crippen molar-refractivity contribution in [2.45, 2.75) is 37.9 Å². The van der Waals surface area contributed by atoms with Gasteiger partial charge in [0.05, 0.1) is 24.9 Å². The van der Waals surface area contributed by atoms with Gasteiger partial charge in [0.1, 0.15) is 18.0 Å². The number of aliphatic hydroxyl groups is 2. The molecule has 0 saturated carbocycles. The van der Waals surface area contributed by atoms with Crippen LogP contribution in [0.15, 0.2) is 11.3 Å². The van der Waals surface area contributed by atoms with Gasteiger partial charge in [0.25, 0.3) is 0 Å². The summed E-state index contributed by atoms with van der Waals surface area (Å²) in [5, 5.41) is 22.5. The lowest BCUT2D eigenvalue weighted by Gasteiger charge is -2.14. The van der Waals surface area contributed by atoms with Crippen molar-refractivity contribution in [3.8, 4) is 0 Å². The third kappa shape index (κ3) is 1.80. The first-order valence-electron chi connectivity index (χ1n) is 6.01. The molecular formula is C11H16N4O3. The van der Waals surface area contributed by atoms with Crippen LogP contribution in [0.5, 0.6) is 0 Å². The maximum Gasteiger partial charge on any atom is 0.162 e. The van der Waals surface area contributed by atoms with Gasteiger partial charge in [0.2, 0.25) is 0 Å². The Morgan fingerprint density at radius 2 is 2.33 bits per heavy atom. The zero-order valence-corrected chi connectivity index (χ0v) is 10.0. The lowest BCUT2D eigenvalue weighted by molar-refractivity contribution is -0.00720. The molecule has 1 aromatic heterocycles. The molecule has 2 aliphatic rings. The highest BCUT2D eigenvalue weighted by atomic mass is 16.5. The summed E-state index contributed by atoms with van der Waals surface area (Å²) >= 11 is 0. The maximum atomic E-state index is 9.89. The first-order chi connectivity index (χ1) is 8.66. The molecule has 3 N–H and O–H groups in total. The number of aliphatic hydroxyl groups excluding tert-OH is 2. The number of imidazole rings is 1. The number of nitrogens with one attached hydrogen (secondary N) is 1. The van der Waals surface area contributed by atoms with E-state index in [9.17, 15) is 10.2 Å². The Morgan fingerprint density at radius 1 is 1.50 bits per heavy atom. The Labute approximate surface area is 104 Å². The van der Waals surface area contributed by atoms with Crippen molar-refractivity contribution in [3.05, 3.63) is 12.0 Å². The fraction of sp³-hybridized carbons (Fsp3) is 0.636. The molecule has 2 aliphatic heterocycles. The highest BCUT2D eigenvalue weighted by Crippen LogP contribution is 2.35. The summed E-state index contributed by atoms with van der Waals surface area (Å²) < 4.78 is 7.42. The van der Waals surface area contributed by atoms with Crippen molar-refractivity contribution in [2.24, 2.45) is 4.99 Å². The Bertz CT molecular complexity index is 463. The van der Waals surface area contributed by atoms with Crippen LogP contribution < -0.4 is 5.32 Å². The Morgan fingerprint density at radius 3 is 3.06 bits per heavy atom. The Kier molecular flexibility index (Phi) is 2.81. The third-order valence-electron chi connectivity index (χ3n) is 3.37. The number of hydrogen-bond acceptors (Lipinski definition) is 6.